The van der Waals surface area contributed by atoms with Crippen molar-refractivity contribution in [2.45, 2.75) is 76.9 Å². The van der Waals surface area contributed by atoms with Crippen LogP contribution in [0.4, 0.5) is 0 Å². The van der Waals surface area contributed by atoms with Gasteiger partial charge in [-0.2, -0.15) is 0 Å². The summed E-state index contributed by atoms with van der Waals surface area (Å²) < 4.78 is 22.7. The minimum atomic E-state index is -1.10. The summed E-state index contributed by atoms with van der Waals surface area (Å²) in [6.45, 7) is 5.77. The highest BCUT2D eigenvalue weighted by Gasteiger charge is 2.47. The fraction of sp³-hybridized carbons (Fsp3) is 0.471. The first-order chi connectivity index (χ1) is 21.1. The van der Waals surface area contributed by atoms with E-state index in [1.807, 2.05) is 63.2 Å². The lowest BCUT2D eigenvalue weighted by Crippen LogP contribution is -2.48. The van der Waals surface area contributed by atoms with E-state index in [-0.39, 0.29) is 56.3 Å². The second kappa shape index (κ2) is 15.5. The fourth-order valence-corrected chi connectivity index (χ4v) is 5.23. The minimum Gasteiger partial charge on any atom is -0.497 e. The maximum absolute atomic E-state index is 13.3. The number of nitrogens with one attached hydrogen (secondary N) is 2. The van der Waals surface area contributed by atoms with Gasteiger partial charge in [-0.1, -0.05) is 69.3 Å². The zero-order chi connectivity index (χ0) is 31.6. The standard InChI is InChI=1S/C34H42N2O8/c1-21(2)19-28-34(40)43-27(22(3)31-32(44-31)24-9-6-5-7-10-24)11-8-12-29(37)36-26(33(39)35-18-17-30(38)42-28)20-23-13-15-25(41-4)16-14-23/h5-10,12-16,21-22,26-28,31-32H,11,17-20H2,1-4H3,(H,35,39)(H,36,37)/b12-8+/t22-,26-,27-,28-,31-,32-/m0/s1. The molecule has 1 saturated heterocycles. The summed E-state index contributed by atoms with van der Waals surface area (Å²) in [7, 11) is 1.57. The van der Waals surface area contributed by atoms with E-state index in [9.17, 15) is 19.2 Å². The molecule has 0 unspecified atom stereocenters. The highest BCUT2D eigenvalue weighted by atomic mass is 16.6. The Labute approximate surface area is 258 Å². The van der Waals surface area contributed by atoms with Gasteiger partial charge in [0.2, 0.25) is 11.8 Å². The van der Waals surface area contributed by atoms with Crippen molar-refractivity contribution >= 4 is 23.8 Å². The van der Waals surface area contributed by atoms with Crippen LogP contribution in [0.3, 0.4) is 0 Å². The van der Waals surface area contributed by atoms with E-state index >= 15 is 0 Å². The summed E-state index contributed by atoms with van der Waals surface area (Å²) >= 11 is 0. The summed E-state index contributed by atoms with van der Waals surface area (Å²) in [6, 6.07) is 16.1. The second-order valence-corrected chi connectivity index (χ2v) is 11.7. The molecule has 236 valence electrons. The number of ether oxygens (including phenoxy) is 4. The molecule has 0 spiro atoms. The van der Waals surface area contributed by atoms with Crippen molar-refractivity contribution in [1.29, 1.82) is 0 Å². The monoisotopic (exact) mass is 606 g/mol. The van der Waals surface area contributed by atoms with Crippen LogP contribution in [0.1, 0.15) is 57.3 Å². The summed E-state index contributed by atoms with van der Waals surface area (Å²) in [5, 5.41) is 5.47. The zero-order valence-electron chi connectivity index (χ0n) is 25.7. The van der Waals surface area contributed by atoms with E-state index in [0.29, 0.717) is 5.75 Å². The molecule has 0 aromatic heterocycles. The number of benzene rings is 2. The van der Waals surface area contributed by atoms with E-state index in [2.05, 4.69) is 10.6 Å². The number of carbonyl (C=O) groups is 4. The minimum absolute atomic E-state index is 0.0223. The smallest absolute Gasteiger partial charge is 0.347 e. The first-order valence-corrected chi connectivity index (χ1v) is 15.1. The Kier molecular flexibility index (Phi) is 11.5. The molecule has 2 aromatic carbocycles. The van der Waals surface area contributed by atoms with Crippen LogP contribution in [0, 0.1) is 11.8 Å². The van der Waals surface area contributed by atoms with Gasteiger partial charge in [0.15, 0.2) is 6.10 Å². The van der Waals surface area contributed by atoms with E-state index < -0.39 is 42.0 Å². The molecule has 2 aliphatic rings. The number of methoxy groups -OCH3 is 1. The molecule has 10 nitrogen and oxygen atoms in total. The molecule has 44 heavy (non-hydrogen) atoms. The van der Waals surface area contributed by atoms with Crippen molar-refractivity contribution in [2.75, 3.05) is 13.7 Å². The summed E-state index contributed by atoms with van der Waals surface area (Å²) in [5.41, 5.74) is 1.85. The molecule has 0 saturated carbocycles. The molecule has 2 N–H and O–H groups in total. The molecule has 0 bridgehead atoms. The Morgan fingerprint density at radius 1 is 0.955 bits per heavy atom. The third kappa shape index (κ3) is 9.41. The largest absolute Gasteiger partial charge is 0.497 e. The first kappa shape index (κ1) is 32.7. The second-order valence-electron chi connectivity index (χ2n) is 11.7. The molecule has 2 aliphatic heterocycles. The van der Waals surface area contributed by atoms with Crippen molar-refractivity contribution in [2.24, 2.45) is 11.8 Å². The van der Waals surface area contributed by atoms with Crippen molar-refractivity contribution in [3.05, 3.63) is 77.9 Å². The van der Waals surface area contributed by atoms with Crippen LogP contribution in [-0.2, 0) is 39.8 Å². The first-order valence-electron chi connectivity index (χ1n) is 15.1. The van der Waals surface area contributed by atoms with Gasteiger partial charge in [-0.25, -0.2) is 4.79 Å². The van der Waals surface area contributed by atoms with Crippen molar-refractivity contribution < 1.29 is 38.1 Å². The number of amides is 2. The Morgan fingerprint density at radius 3 is 2.36 bits per heavy atom. The maximum Gasteiger partial charge on any atom is 0.347 e. The number of cyclic esters (lactones) is 2. The van der Waals surface area contributed by atoms with Crippen molar-refractivity contribution in [1.82, 2.24) is 10.6 Å². The molecule has 10 heteroatoms. The molecule has 0 radical (unpaired) electrons. The molecule has 0 aliphatic carbocycles. The van der Waals surface area contributed by atoms with Crippen LogP contribution in [-0.4, -0.2) is 61.8 Å². The van der Waals surface area contributed by atoms with Gasteiger partial charge in [0.25, 0.3) is 0 Å². The summed E-state index contributed by atoms with van der Waals surface area (Å²) in [4.78, 5) is 52.2. The van der Waals surface area contributed by atoms with Gasteiger partial charge >= 0.3 is 11.9 Å². The number of carbonyl (C=O) groups excluding carboxylic acids is 4. The lowest BCUT2D eigenvalue weighted by Gasteiger charge is -2.26. The number of hydrogen-bond acceptors (Lipinski definition) is 8. The van der Waals surface area contributed by atoms with Gasteiger partial charge in [0, 0.05) is 25.3 Å². The van der Waals surface area contributed by atoms with Gasteiger partial charge in [-0.05, 0) is 41.7 Å². The number of esters is 2. The van der Waals surface area contributed by atoms with Crippen LogP contribution in [0.5, 0.6) is 5.75 Å². The number of rotatable bonds is 8. The Balaban J connectivity index is 1.54. The topological polar surface area (TPSA) is 133 Å². The highest BCUT2D eigenvalue weighted by molar-refractivity contribution is 5.93. The average Bonchev–Trinajstić information content (AvgIpc) is 3.81. The lowest BCUT2D eigenvalue weighted by atomic mass is 9.93. The summed E-state index contributed by atoms with van der Waals surface area (Å²) in [6.07, 6.45) is 1.50. The van der Waals surface area contributed by atoms with Crippen LogP contribution in [0.25, 0.3) is 0 Å². The lowest BCUT2D eigenvalue weighted by molar-refractivity contribution is -0.174. The third-order valence-corrected chi connectivity index (χ3v) is 7.75. The molecule has 2 amide bonds. The van der Waals surface area contributed by atoms with Crippen molar-refractivity contribution in [3.8, 4) is 5.75 Å². The van der Waals surface area contributed by atoms with E-state index in [4.69, 9.17) is 18.9 Å². The van der Waals surface area contributed by atoms with Crippen LogP contribution in [0.2, 0.25) is 0 Å². The molecular weight excluding hydrogens is 564 g/mol. The molecule has 4 rings (SSSR count). The highest BCUT2D eigenvalue weighted by Crippen LogP contribution is 2.45. The predicted octanol–water partition coefficient (Wildman–Crippen LogP) is 3.83. The van der Waals surface area contributed by atoms with Crippen molar-refractivity contribution in [3.63, 3.8) is 0 Å². The fourth-order valence-electron chi connectivity index (χ4n) is 5.23. The SMILES string of the molecule is COc1ccc(C[C@@H]2NC(=O)/C=C/C[C@@H]([C@H](C)[C@@H]3O[C@H]3c3ccccc3)OC(=O)[C@H](CC(C)C)OC(=O)CCNC2=O)cc1. The van der Waals surface area contributed by atoms with Gasteiger partial charge in [-0.15, -0.1) is 0 Å². The van der Waals surface area contributed by atoms with Gasteiger partial charge in [0.05, 0.1) is 19.6 Å². The van der Waals surface area contributed by atoms with Gasteiger partial charge < -0.3 is 29.6 Å². The molecule has 6 atom stereocenters. The zero-order valence-corrected chi connectivity index (χ0v) is 25.7. The quantitative estimate of drug-likeness (QED) is 0.342. The van der Waals surface area contributed by atoms with E-state index in [0.717, 1.165) is 11.1 Å². The summed E-state index contributed by atoms with van der Waals surface area (Å²) in [5.74, 6) is -1.67. The van der Waals surface area contributed by atoms with Crippen LogP contribution >= 0.6 is 0 Å². The Morgan fingerprint density at radius 2 is 1.68 bits per heavy atom. The number of hydrogen-bond donors (Lipinski definition) is 2. The molecule has 2 aromatic rings. The molecular formula is C34H42N2O8. The Bertz CT molecular complexity index is 1310. The third-order valence-electron chi connectivity index (χ3n) is 7.75. The molecule has 2 heterocycles. The normalized spacial score (nSPS) is 26.5. The Hall–Kier alpha value is -4.18. The van der Waals surface area contributed by atoms with Crippen LogP contribution in [0.15, 0.2) is 66.7 Å². The predicted molar refractivity (Wildman–Crippen MR) is 162 cm³/mol. The van der Waals surface area contributed by atoms with E-state index in [1.165, 1.54) is 6.08 Å². The average molecular weight is 607 g/mol. The maximum atomic E-state index is 13.3. The van der Waals surface area contributed by atoms with Gasteiger partial charge in [-0.3, -0.25) is 14.4 Å². The van der Waals surface area contributed by atoms with Crippen LogP contribution < -0.4 is 15.4 Å². The van der Waals surface area contributed by atoms with E-state index in [1.54, 1.807) is 25.3 Å². The van der Waals surface area contributed by atoms with Gasteiger partial charge in [0.1, 0.15) is 24.0 Å². The number of epoxide rings is 1. The molecule has 1 fully saturated rings.